The van der Waals surface area contributed by atoms with Gasteiger partial charge in [0.15, 0.2) is 8.32 Å². The Morgan fingerprint density at radius 2 is 1.09 bits per heavy atom. The lowest BCUT2D eigenvalue weighted by Crippen LogP contribution is -2.66. The molecule has 0 spiro atoms. The Bertz CT molecular complexity index is 520. The fourth-order valence-corrected chi connectivity index (χ4v) is 11.2. The topological polar surface area (TPSA) is 29.5 Å². The van der Waals surface area contributed by atoms with Crippen LogP contribution < -0.4 is 10.4 Å². The molecule has 0 atom stereocenters. The monoisotopic (exact) mass is 330 g/mol. The van der Waals surface area contributed by atoms with E-state index in [0.29, 0.717) is 0 Å². The van der Waals surface area contributed by atoms with Crippen LogP contribution >= 0.6 is 0 Å². The first-order valence-electron chi connectivity index (χ1n) is 8.14. The minimum Gasteiger partial charge on any atom is -0.429 e. The van der Waals surface area contributed by atoms with Crippen LogP contribution in [-0.2, 0) is 4.12 Å². The van der Waals surface area contributed by atoms with Crippen LogP contribution in [0.4, 0.5) is 0 Å². The van der Waals surface area contributed by atoms with Crippen LogP contribution in [-0.4, -0.2) is 21.7 Å². The third-order valence-corrected chi connectivity index (χ3v) is 13.6. The predicted molar refractivity (Wildman–Crippen MR) is 98.4 cm³/mol. The first-order chi connectivity index (χ1) is 10.6. The highest BCUT2D eigenvalue weighted by Gasteiger charge is 2.45. The van der Waals surface area contributed by atoms with Gasteiger partial charge >= 0.3 is 8.56 Å². The third kappa shape index (κ3) is 3.41. The van der Waals surface area contributed by atoms with E-state index in [4.69, 9.17) is 4.12 Å². The van der Waals surface area contributed by atoms with Gasteiger partial charge in [-0.2, -0.15) is 0 Å². The first kappa shape index (κ1) is 17.2. The van der Waals surface area contributed by atoms with E-state index in [1.165, 1.54) is 0 Å². The molecular weight excluding hydrogens is 304 g/mol. The molecule has 0 saturated carbocycles. The molecule has 0 aromatic heterocycles. The summed E-state index contributed by atoms with van der Waals surface area (Å²) in [6.07, 6.45) is 0. The van der Waals surface area contributed by atoms with E-state index >= 15 is 0 Å². The van der Waals surface area contributed by atoms with Crippen molar-refractivity contribution in [2.75, 3.05) is 0 Å². The number of hydrogen-bond acceptors (Lipinski definition) is 2. The van der Waals surface area contributed by atoms with Gasteiger partial charge in [-0.1, -0.05) is 81.4 Å². The normalized spacial score (nSPS) is 12.4. The van der Waals surface area contributed by atoms with Crippen LogP contribution in [0.1, 0.15) is 20.8 Å². The van der Waals surface area contributed by atoms with Crippen molar-refractivity contribution in [3.63, 3.8) is 0 Å². The van der Waals surface area contributed by atoms with Crippen molar-refractivity contribution < 1.29 is 8.91 Å². The van der Waals surface area contributed by atoms with Crippen LogP contribution in [0, 0.1) is 0 Å². The Labute approximate surface area is 136 Å². The molecule has 0 unspecified atom stereocenters. The summed E-state index contributed by atoms with van der Waals surface area (Å²) in [6.45, 7) is 6.60. The summed E-state index contributed by atoms with van der Waals surface area (Å²) in [4.78, 5) is 11.6. The van der Waals surface area contributed by atoms with Crippen LogP contribution in [0.2, 0.25) is 18.1 Å². The molecule has 0 heterocycles. The van der Waals surface area contributed by atoms with Crippen LogP contribution in [0.25, 0.3) is 0 Å². The minimum atomic E-state index is -3.14. The summed E-state index contributed by atoms with van der Waals surface area (Å²) in [6, 6.07) is 23.0. The van der Waals surface area contributed by atoms with Crippen molar-refractivity contribution in [2.24, 2.45) is 0 Å². The fraction of sp³-hybridized carbons (Fsp3) is 0.333. The first-order valence-corrected chi connectivity index (χ1v) is 12.5. The second-order valence-corrected chi connectivity index (χ2v) is 13.5. The van der Waals surface area contributed by atoms with Gasteiger partial charge in [-0.05, 0) is 28.5 Å². The Morgan fingerprint density at radius 1 is 0.727 bits per heavy atom. The highest BCUT2D eigenvalue weighted by molar-refractivity contribution is 6.97. The van der Waals surface area contributed by atoms with Gasteiger partial charge in [0.25, 0.3) is 0 Å². The van der Waals surface area contributed by atoms with E-state index in [9.17, 15) is 4.80 Å². The van der Waals surface area contributed by atoms with Crippen molar-refractivity contribution in [1.82, 2.24) is 0 Å². The van der Waals surface area contributed by atoms with Gasteiger partial charge in [0.1, 0.15) is 0 Å². The van der Waals surface area contributed by atoms with Crippen molar-refractivity contribution in [3.8, 4) is 0 Å². The van der Waals surface area contributed by atoms with Gasteiger partial charge in [0, 0.05) is 0 Å². The Kier molecular flexibility index (Phi) is 5.75. The highest BCUT2D eigenvalue weighted by atomic mass is 28.4. The van der Waals surface area contributed by atoms with Crippen molar-refractivity contribution in [1.29, 1.82) is 0 Å². The van der Waals surface area contributed by atoms with Crippen molar-refractivity contribution >= 4 is 27.3 Å². The molecule has 1 N–H and O–H groups in total. The van der Waals surface area contributed by atoms with Gasteiger partial charge in [-0.15, -0.1) is 0 Å². The molecule has 0 saturated heterocycles. The summed E-state index contributed by atoms with van der Waals surface area (Å²) >= 11 is 0. The molecular formula is C18H26O2Si2. The lowest BCUT2D eigenvalue weighted by Gasteiger charge is -2.37. The zero-order valence-electron chi connectivity index (χ0n) is 13.8. The molecule has 4 heteroatoms. The summed E-state index contributed by atoms with van der Waals surface area (Å²) in [5, 5.41) is 1.88. The minimum absolute atomic E-state index is 0.938. The average molecular weight is 331 g/mol. The van der Waals surface area contributed by atoms with Crippen LogP contribution in [0.3, 0.4) is 0 Å². The van der Waals surface area contributed by atoms with E-state index in [1.807, 2.05) is 60.7 Å². The zero-order chi connectivity index (χ0) is 16.1. The Morgan fingerprint density at radius 3 is 1.41 bits per heavy atom. The predicted octanol–water partition coefficient (Wildman–Crippen LogP) is 3.26. The fourth-order valence-electron chi connectivity index (χ4n) is 2.89. The maximum absolute atomic E-state index is 11.6. The lowest BCUT2D eigenvalue weighted by molar-refractivity contribution is 0.398. The van der Waals surface area contributed by atoms with E-state index in [1.54, 1.807) is 0 Å². The Hall–Kier alpha value is -1.21. The third-order valence-electron chi connectivity index (χ3n) is 4.63. The second kappa shape index (κ2) is 7.37. The SMILES string of the molecule is CC[Si](CC)(CC)O[Si](O)(c1ccccc1)c1ccccc1. The highest BCUT2D eigenvalue weighted by Crippen LogP contribution is 2.25. The lowest BCUT2D eigenvalue weighted by atomic mass is 10.4. The molecule has 22 heavy (non-hydrogen) atoms. The molecule has 0 bridgehead atoms. The summed E-state index contributed by atoms with van der Waals surface area (Å²) in [5.41, 5.74) is 0. The summed E-state index contributed by atoms with van der Waals surface area (Å²) < 4.78 is 6.68. The quantitative estimate of drug-likeness (QED) is 0.790. The molecule has 0 radical (unpaired) electrons. The van der Waals surface area contributed by atoms with Gasteiger partial charge < -0.3 is 8.91 Å². The van der Waals surface area contributed by atoms with Gasteiger partial charge in [-0.3, -0.25) is 0 Å². The van der Waals surface area contributed by atoms with E-state index < -0.39 is 16.9 Å². The molecule has 2 aromatic rings. The van der Waals surface area contributed by atoms with Gasteiger partial charge in [-0.25, -0.2) is 0 Å². The average Bonchev–Trinajstić information content (AvgIpc) is 2.61. The zero-order valence-corrected chi connectivity index (χ0v) is 15.8. The summed E-state index contributed by atoms with van der Waals surface area (Å²) in [5.74, 6) is 0. The smallest absolute Gasteiger partial charge is 0.394 e. The Balaban J connectivity index is 2.52. The largest absolute Gasteiger partial charge is 0.429 e. The maximum Gasteiger partial charge on any atom is 0.394 e. The van der Waals surface area contributed by atoms with Crippen LogP contribution in [0.15, 0.2) is 60.7 Å². The van der Waals surface area contributed by atoms with Crippen LogP contribution in [0.5, 0.6) is 0 Å². The number of rotatable bonds is 7. The molecule has 0 aliphatic heterocycles. The maximum atomic E-state index is 11.6. The van der Waals surface area contributed by atoms with Crippen molar-refractivity contribution in [3.05, 3.63) is 60.7 Å². The van der Waals surface area contributed by atoms with Gasteiger partial charge in [0.2, 0.25) is 0 Å². The van der Waals surface area contributed by atoms with Crippen molar-refractivity contribution in [2.45, 2.75) is 38.9 Å². The molecule has 2 aromatic carbocycles. The number of benzene rings is 2. The van der Waals surface area contributed by atoms with E-state index in [2.05, 4.69) is 20.8 Å². The van der Waals surface area contributed by atoms with E-state index in [0.717, 1.165) is 28.5 Å². The molecule has 0 fully saturated rings. The molecule has 0 aliphatic carbocycles. The molecule has 2 nitrogen and oxygen atoms in total. The standard InChI is InChI=1S/C18H26O2Si2/c1-4-21(5-2,6-3)20-22(19,17-13-9-7-10-14-17)18-15-11-8-12-16-18/h7-16,19H,4-6H2,1-3H3. The molecule has 0 aliphatic rings. The molecule has 2 rings (SSSR count). The number of hydrogen-bond donors (Lipinski definition) is 1. The van der Waals surface area contributed by atoms with E-state index in [-0.39, 0.29) is 0 Å². The van der Waals surface area contributed by atoms with Gasteiger partial charge in [0.05, 0.1) is 0 Å². The molecule has 118 valence electrons. The molecule has 0 amide bonds. The summed E-state index contributed by atoms with van der Waals surface area (Å²) in [7, 11) is -5.04. The second-order valence-electron chi connectivity index (χ2n) is 5.72.